The van der Waals surface area contributed by atoms with E-state index in [1.807, 2.05) is 49.4 Å². The fourth-order valence-corrected chi connectivity index (χ4v) is 2.68. The van der Waals surface area contributed by atoms with Gasteiger partial charge in [0.05, 0.1) is 0 Å². The van der Waals surface area contributed by atoms with Crippen LogP contribution in [0, 0.1) is 13.8 Å². The number of nitrogens with one attached hydrogen (secondary N) is 1. The highest BCUT2D eigenvalue weighted by Crippen LogP contribution is 2.25. The number of aryl methyl sites for hydroxylation is 2. The van der Waals surface area contributed by atoms with Crippen molar-refractivity contribution < 1.29 is 18.7 Å². The zero-order valence-corrected chi connectivity index (χ0v) is 15.0. The number of hydrogen-bond acceptors (Lipinski definition) is 4. The molecule has 0 radical (unpaired) electrons. The largest absolute Gasteiger partial charge is 0.449 e. The molecule has 5 nitrogen and oxygen atoms in total. The SMILES string of the molecule is Cc1ccc(CNC(=O)[C@H](C)OC(=O)c2oc3ccccc3c2C)cc1. The molecule has 0 aliphatic heterocycles. The molecule has 1 aromatic heterocycles. The van der Waals surface area contributed by atoms with Crippen molar-refractivity contribution in [3.63, 3.8) is 0 Å². The quantitative estimate of drug-likeness (QED) is 0.708. The van der Waals surface area contributed by atoms with Crippen molar-refractivity contribution in [2.45, 2.75) is 33.4 Å². The lowest BCUT2D eigenvalue weighted by Gasteiger charge is -2.13. The molecule has 134 valence electrons. The van der Waals surface area contributed by atoms with Crippen molar-refractivity contribution in [1.29, 1.82) is 0 Å². The van der Waals surface area contributed by atoms with Gasteiger partial charge in [0.25, 0.3) is 5.91 Å². The summed E-state index contributed by atoms with van der Waals surface area (Å²) in [6, 6.07) is 15.2. The molecule has 0 aliphatic rings. The van der Waals surface area contributed by atoms with E-state index in [4.69, 9.17) is 9.15 Å². The van der Waals surface area contributed by atoms with E-state index >= 15 is 0 Å². The molecular formula is C21H21NO4. The summed E-state index contributed by atoms with van der Waals surface area (Å²) in [5.41, 5.74) is 3.46. The number of carbonyl (C=O) groups excluding carboxylic acids is 2. The minimum absolute atomic E-state index is 0.129. The first-order chi connectivity index (χ1) is 12.5. The first-order valence-electron chi connectivity index (χ1n) is 8.48. The highest BCUT2D eigenvalue weighted by atomic mass is 16.6. The molecule has 0 fully saturated rings. The number of rotatable bonds is 5. The number of amides is 1. The van der Waals surface area contributed by atoms with Crippen molar-refractivity contribution in [2.24, 2.45) is 0 Å². The third-order valence-electron chi connectivity index (χ3n) is 4.27. The summed E-state index contributed by atoms with van der Waals surface area (Å²) in [6.45, 7) is 5.72. The minimum atomic E-state index is -0.916. The molecule has 1 N–H and O–H groups in total. The maximum Gasteiger partial charge on any atom is 0.375 e. The second-order valence-electron chi connectivity index (χ2n) is 6.30. The number of para-hydroxylation sites is 1. The van der Waals surface area contributed by atoms with E-state index in [2.05, 4.69) is 5.32 Å². The Kier molecular flexibility index (Phi) is 5.07. The summed E-state index contributed by atoms with van der Waals surface area (Å²) >= 11 is 0. The maximum absolute atomic E-state index is 12.4. The monoisotopic (exact) mass is 351 g/mol. The number of ether oxygens (including phenoxy) is 1. The van der Waals surface area contributed by atoms with Crippen LogP contribution in [0.3, 0.4) is 0 Å². The average Bonchev–Trinajstić information content (AvgIpc) is 2.98. The fourth-order valence-electron chi connectivity index (χ4n) is 2.68. The van der Waals surface area contributed by atoms with E-state index in [0.29, 0.717) is 17.7 Å². The van der Waals surface area contributed by atoms with Crippen LogP contribution < -0.4 is 5.32 Å². The summed E-state index contributed by atoms with van der Waals surface area (Å²) in [7, 11) is 0. The normalized spacial score (nSPS) is 12.0. The molecule has 0 spiro atoms. The van der Waals surface area contributed by atoms with Crippen LogP contribution in [0.1, 0.15) is 34.2 Å². The van der Waals surface area contributed by atoms with Gasteiger partial charge in [0.15, 0.2) is 6.10 Å². The number of fused-ring (bicyclic) bond motifs is 1. The second-order valence-corrected chi connectivity index (χ2v) is 6.30. The third-order valence-corrected chi connectivity index (χ3v) is 4.27. The highest BCUT2D eigenvalue weighted by Gasteiger charge is 2.23. The van der Waals surface area contributed by atoms with Crippen molar-refractivity contribution in [3.05, 3.63) is 71.0 Å². The summed E-state index contributed by atoms with van der Waals surface area (Å²) < 4.78 is 10.8. The van der Waals surface area contributed by atoms with Crippen LogP contribution in [-0.2, 0) is 16.1 Å². The van der Waals surface area contributed by atoms with Crippen molar-refractivity contribution in [1.82, 2.24) is 5.32 Å². The average molecular weight is 351 g/mol. The van der Waals surface area contributed by atoms with E-state index < -0.39 is 12.1 Å². The molecular weight excluding hydrogens is 330 g/mol. The Balaban J connectivity index is 1.61. The van der Waals surface area contributed by atoms with E-state index in [0.717, 1.165) is 16.5 Å². The third kappa shape index (κ3) is 3.77. The molecule has 1 atom stereocenters. The Labute approximate surface area is 152 Å². The Bertz CT molecular complexity index is 940. The van der Waals surface area contributed by atoms with Crippen LogP contribution >= 0.6 is 0 Å². The molecule has 0 aliphatic carbocycles. The maximum atomic E-state index is 12.4. The highest BCUT2D eigenvalue weighted by molar-refractivity contribution is 5.97. The number of benzene rings is 2. The van der Waals surface area contributed by atoms with Crippen LogP contribution in [0.25, 0.3) is 11.0 Å². The van der Waals surface area contributed by atoms with Gasteiger partial charge in [-0.25, -0.2) is 4.79 Å². The van der Waals surface area contributed by atoms with E-state index in [1.165, 1.54) is 0 Å². The predicted octanol–water partition coefficient (Wildman–Crippen LogP) is 3.91. The summed E-state index contributed by atoms with van der Waals surface area (Å²) in [6.07, 6.45) is -0.916. The lowest BCUT2D eigenvalue weighted by Crippen LogP contribution is -2.35. The Morgan fingerprint density at radius 2 is 1.77 bits per heavy atom. The van der Waals surface area contributed by atoms with Crippen molar-refractivity contribution in [2.75, 3.05) is 0 Å². The number of hydrogen-bond donors (Lipinski definition) is 1. The minimum Gasteiger partial charge on any atom is -0.449 e. The van der Waals surface area contributed by atoms with Gasteiger partial charge in [0, 0.05) is 17.5 Å². The van der Waals surface area contributed by atoms with Crippen LogP contribution in [0.5, 0.6) is 0 Å². The Hall–Kier alpha value is -3.08. The van der Waals surface area contributed by atoms with Gasteiger partial charge in [-0.05, 0) is 32.4 Å². The predicted molar refractivity (Wildman–Crippen MR) is 98.9 cm³/mol. The number of esters is 1. The topological polar surface area (TPSA) is 68.5 Å². The summed E-state index contributed by atoms with van der Waals surface area (Å²) in [5, 5.41) is 3.63. The van der Waals surface area contributed by atoms with E-state index in [1.54, 1.807) is 19.9 Å². The molecule has 0 saturated heterocycles. The number of carbonyl (C=O) groups is 2. The van der Waals surface area contributed by atoms with Gasteiger partial charge in [-0.2, -0.15) is 0 Å². The zero-order chi connectivity index (χ0) is 18.7. The van der Waals surface area contributed by atoms with Crippen LogP contribution in [0.15, 0.2) is 52.9 Å². The first-order valence-corrected chi connectivity index (χ1v) is 8.48. The first kappa shape index (κ1) is 17.7. The molecule has 0 unspecified atom stereocenters. The van der Waals surface area contributed by atoms with Gasteiger partial charge >= 0.3 is 5.97 Å². The fraction of sp³-hybridized carbons (Fsp3) is 0.238. The lowest BCUT2D eigenvalue weighted by molar-refractivity contribution is -0.129. The van der Waals surface area contributed by atoms with Gasteiger partial charge < -0.3 is 14.5 Å². The molecule has 3 rings (SSSR count). The van der Waals surface area contributed by atoms with Crippen molar-refractivity contribution >= 4 is 22.8 Å². The van der Waals surface area contributed by atoms with Gasteiger partial charge in [0.1, 0.15) is 5.58 Å². The van der Waals surface area contributed by atoms with Crippen molar-refractivity contribution in [3.8, 4) is 0 Å². The molecule has 2 aromatic carbocycles. The standard InChI is InChI=1S/C21H21NO4/c1-13-8-10-16(11-9-13)12-22-20(23)15(3)25-21(24)19-14(2)17-6-4-5-7-18(17)26-19/h4-11,15H,12H2,1-3H3,(H,22,23)/t15-/m0/s1. The van der Waals surface area contributed by atoms with Gasteiger partial charge in [0.2, 0.25) is 5.76 Å². The molecule has 1 heterocycles. The molecule has 0 bridgehead atoms. The molecule has 0 saturated carbocycles. The zero-order valence-electron chi connectivity index (χ0n) is 15.0. The Morgan fingerprint density at radius 3 is 2.46 bits per heavy atom. The molecule has 5 heteroatoms. The smallest absolute Gasteiger partial charge is 0.375 e. The van der Waals surface area contributed by atoms with E-state index in [-0.39, 0.29) is 11.7 Å². The molecule has 1 amide bonds. The second kappa shape index (κ2) is 7.44. The van der Waals surface area contributed by atoms with E-state index in [9.17, 15) is 9.59 Å². The van der Waals surface area contributed by atoms with Gasteiger partial charge in [-0.15, -0.1) is 0 Å². The lowest BCUT2D eigenvalue weighted by atomic mass is 10.1. The van der Waals surface area contributed by atoms with Gasteiger partial charge in [-0.1, -0.05) is 48.0 Å². The summed E-state index contributed by atoms with van der Waals surface area (Å²) in [4.78, 5) is 24.6. The van der Waals surface area contributed by atoms with Gasteiger partial charge in [-0.3, -0.25) is 4.79 Å². The number of furan rings is 1. The summed E-state index contributed by atoms with van der Waals surface area (Å²) in [5.74, 6) is -0.867. The van der Waals surface area contributed by atoms with Crippen LogP contribution in [0.4, 0.5) is 0 Å². The molecule has 3 aromatic rings. The molecule has 26 heavy (non-hydrogen) atoms. The van der Waals surface area contributed by atoms with Crippen LogP contribution in [-0.4, -0.2) is 18.0 Å². The Morgan fingerprint density at radius 1 is 1.08 bits per heavy atom. The van der Waals surface area contributed by atoms with Crippen LogP contribution in [0.2, 0.25) is 0 Å².